The Morgan fingerprint density at radius 3 is 2.77 bits per heavy atom. The van der Waals surface area contributed by atoms with E-state index in [1.165, 1.54) is 6.07 Å². The number of aromatic hydroxyl groups is 1. The molecule has 0 amide bonds. The lowest BCUT2D eigenvalue weighted by molar-refractivity contribution is 0.476. The van der Waals surface area contributed by atoms with Crippen molar-refractivity contribution in [3.8, 4) is 5.75 Å². The summed E-state index contributed by atoms with van der Waals surface area (Å²) in [5, 5.41) is 18.7. The standard InChI is InChI=1S/C16H15ClN4O/c1-10(2)15-16(21-8-4-3-5-14(21)18-15)20-19-12-9-11(17)6-7-13(12)22/h3-10,22H,1-2H3. The fraction of sp³-hybridized carbons (Fsp3) is 0.188. The first kappa shape index (κ1) is 14.5. The van der Waals surface area contributed by atoms with Gasteiger partial charge in [-0.05, 0) is 36.2 Å². The van der Waals surface area contributed by atoms with Gasteiger partial charge in [-0.3, -0.25) is 4.40 Å². The van der Waals surface area contributed by atoms with Crippen LogP contribution in [0.25, 0.3) is 5.65 Å². The summed E-state index contributed by atoms with van der Waals surface area (Å²) >= 11 is 5.92. The van der Waals surface area contributed by atoms with Gasteiger partial charge >= 0.3 is 0 Å². The number of fused-ring (bicyclic) bond motifs is 1. The van der Waals surface area contributed by atoms with E-state index in [0.29, 0.717) is 16.5 Å². The lowest BCUT2D eigenvalue weighted by atomic mass is 10.1. The summed E-state index contributed by atoms with van der Waals surface area (Å²) in [7, 11) is 0. The maximum Gasteiger partial charge on any atom is 0.183 e. The van der Waals surface area contributed by atoms with Gasteiger partial charge in [-0.25, -0.2) is 4.98 Å². The third-order valence-electron chi connectivity index (χ3n) is 3.27. The normalized spacial score (nSPS) is 11.8. The van der Waals surface area contributed by atoms with E-state index < -0.39 is 0 Å². The molecule has 0 bridgehead atoms. The van der Waals surface area contributed by atoms with Crippen LogP contribution < -0.4 is 0 Å². The first-order valence-corrected chi connectivity index (χ1v) is 7.31. The predicted molar refractivity (Wildman–Crippen MR) is 86.6 cm³/mol. The molecular formula is C16H15ClN4O. The summed E-state index contributed by atoms with van der Waals surface area (Å²) in [6.07, 6.45) is 1.89. The summed E-state index contributed by atoms with van der Waals surface area (Å²) in [5.41, 5.74) is 2.00. The monoisotopic (exact) mass is 314 g/mol. The highest BCUT2D eigenvalue weighted by molar-refractivity contribution is 6.30. The average molecular weight is 315 g/mol. The van der Waals surface area contributed by atoms with Crippen LogP contribution in [-0.2, 0) is 0 Å². The summed E-state index contributed by atoms with van der Waals surface area (Å²) in [5.74, 6) is 0.903. The lowest BCUT2D eigenvalue weighted by Gasteiger charge is -2.02. The number of halogens is 1. The molecule has 0 aliphatic carbocycles. The second-order valence-corrected chi connectivity index (χ2v) is 5.67. The molecule has 112 valence electrons. The van der Waals surface area contributed by atoms with Crippen LogP contribution in [-0.4, -0.2) is 14.5 Å². The van der Waals surface area contributed by atoms with Crippen LogP contribution in [0.1, 0.15) is 25.5 Å². The van der Waals surface area contributed by atoms with Crippen LogP contribution in [0.15, 0.2) is 52.8 Å². The highest BCUT2D eigenvalue weighted by Gasteiger charge is 2.14. The maximum absolute atomic E-state index is 9.82. The Bertz CT molecular complexity index is 854. The van der Waals surface area contributed by atoms with Crippen LogP contribution >= 0.6 is 11.6 Å². The number of phenolic OH excluding ortho intramolecular Hbond substituents is 1. The van der Waals surface area contributed by atoms with Crippen LogP contribution in [0.5, 0.6) is 5.75 Å². The highest BCUT2D eigenvalue weighted by atomic mass is 35.5. The van der Waals surface area contributed by atoms with Crippen molar-refractivity contribution in [1.82, 2.24) is 9.38 Å². The third-order valence-corrected chi connectivity index (χ3v) is 3.50. The topological polar surface area (TPSA) is 62.2 Å². The fourth-order valence-electron chi connectivity index (χ4n) is 2.17. The van der Waals surface area contributed by atoms with Crippen LogP contribution in [0.4, 0.5) is 11.5 Å². The summed E-state index contributed by atoms with van der Waals surface area (Å²) in [6.45, 7) is 4.11. The zero-order valence-corrected chi connectivity index (χ0v) is 13.0. The maximum atomic E-state index is 9.82. The molecule has 1 N–H and O–H groups in total. The summed E-state index contributed by atoms with van der Waals surface area (Å²) in [4.78, 5) is 4.59. The van der Waals surface area contributed by atoms with Gasteiger partial charge in [-0.15, -0.1) is 10.2 Å². The molecule has 22 heavy (non-hydrogen) atoms. The number of phenols is 1. The number of imidazole rings is 1. The summed E-state index contributed by atoms with van der Waals surface area (Å²) < 4.78 is 1.88. The zero-order chi connectivity index (χ0) is 15.7. The van der Waals surface area contributed by atoms with Crippen molar-refractivity contribution < 1.29 is 5.11 Å². The molecular weight excluding hydrogens is 300 g/mol. The van der Waals surface area contributed by atoms with E-state index >= 15 is 0 Å². The predicted octanol–water partition coefficient (Wildman–Crippen LogP) is 5.23. The molecule has 0 fully saturated rings. The van der Waals surface area contributed by atoms with Crippen molar-refractivity contribution in [3.63, 3.8) is 0 Å². The molecule has 0 unspecified atom stereocenters. The Kier molecular flexibility index (Phi) is 3.81. The van der Waals surface area contributed by atoms with Crippen molar-refractivity contribution in [3.05, 3.63) is 53.3 Å². The van der Waals surface area contributed by atoms with Gasteiger partial charge in [0.2, 0.25) is 0 Å². The van der Waals surface area contributed by atoms with E-state index in [1.54, 1.807) is 12.1 Å². The smallest absolute Gasteiger partial charge is 0.183 e. The van der Waals surface area contributed by atoms with Gasteiger partial charge in [-0.2, -0.15) is 0 Å². The molecule has 2 aromatic heterocycles. The largest absolute Gasteiger partial charge is 0.506 e. The van der Waals surface area contributed by atoms with E-state index in [0.717, 1.165) is 11.3 Å². The molecule has 5 nitrogen and oxygen atoms in total. The van der Waals surface area contributed by atoms with Crippen molar-refractivity contribution in [2.24, 2.45) is 10.2 Å². The van der Waals surface area contributed by atoms with Crippen LogP contribution in [0.2, 0.25) is 5.02 Å². The molecule has 3 rings (SSSR count). The van der Waals surface area contributed by atoms with Crippen molar-refractivity contribution in [2.75, 3.05) is 0 Å². The Hall–Kier alpha value is -2.40. The molecule has 0 saturated carbocycles. The minimum Gasteiger partial charge on any atom is -0.506 e. The number of hydrogen-bond donors (Lipinski definition) is 1. The molecule has 0 spiro atoms. The zero-order valence-electron chi connectivity index (χ0n) is 12.2. The van der Waals surface area contributed by atoms with Gasteiger partial charge in [-0.1, -0.05) is 31.5 Å². The van der Waals surface area contributed by atoms with Gasteiger partial charge in [0, 0.05) is 11.2 Å². The minimum absolute atomic E-state index is 0.0352. The Balaban J connectivity index is 2.11. The minimum atomic E-state index is 0.0352. The van der Waals surface area contributed by atoms with E-state index in [4.69, 9.17) is 11.6 Å². The fourth-order valence-corrected chi connectivity index (χ4v) is 2.33. The Labute approximate surface area is 132 Å². The van der Waals surface area contributed by atoms with E-state index in [1.807, 2.05) is 28.8 Å². The average Bonchev–Trinajstić information content (AvgIpc) is 2.87. The number of pyridine rings is 1. The van der Waals surface area contributed by atoms with E-state index in [2.05, 4.69) is 29.1 Å². The molecule has 0 radical (unpaired) electrons. The quantitative estimate of drug-likeness (QED) is 0.672. The van der Waals surface area contributed by atoms with E-state index in [-0.39, 0.29) is 11.7 Å². The molecule has 3 aromatic rings. The first-order chi connectivity index (χ1) is 10.6. The third kappa shape index (κ3) is 2.67. The number of rotatable bonds is 3. The second kappa shape index (κ2) is 5.77. The molecule has 1 aromatic carbocycles. The Morgan fingerprint density at radius 1 is 1.18 bits per heavy atom. The number of azo groups is 1. The van der Waals surface area contributed by atoms with Gasteiger partial charge in [0.15, 0.2) is 5.82 Å². The van der Waals surface area contributed by atoms with Crippen molar-refractivity contribution >= 4 is 28.8 Å². The number of aromatic nitrogens is 2. The van der Waals surface area contributed by atoms with Gasteiger partial charge < -0.3 is 5.11 Å². The van der Waals surface area contributed by atoms with Crippen molar-refractivity contribution in [1.29, 1.82) is 0 Å². The molecule has 0 atom stereocenters. The Morgan fingerprint density at radius 2 is 2.00 bits per heavy atom. The number of hydrogen-bond acceptors (Lipinski definition) is 4. The van der Waals surface area contributed by atoms with Gasteiger partial charge in [0.05, 0.1) is 5.69 Å². The van der Waals surface area contributed by atoms with Crippen LogP contribution in [0.3, 0.4) is 0 Å². The summed E-state index contributed by atoms with van der Waals surface area (Å²) in [6, 6.07) is 10.4. The number of nitrogens with zero attached hydrogens (tertiary/aromatic N) is 4. The lowest BCUT2D eigenvalue weighted by Crippen LogP contribution is -1.87. The van der Waals surface area contributed by atoms with Gasteiger partial charge in [0.25, 0.3) is 0 Å². The first-order valence-electron chi connectivity index (χ1n) is 6.93. The molecule has 6 heteroatoms. The number of benzene rings is 1. The SMILES string of the molecule is CC(C)c1nc2ccccn2c1N=Nc1cc(Cl)ccc1O. The molecule has 2 heterocycles. The van der Waals surface area contributed by atoms with Gasteiger partial charge in [0.1, 0.15) is 17.1 Å². The van der Waals surface area contributed by atoms with Crippen LogP contribution in [0, 0.1) is 0 Å². The molecule has 0 aliphatic rings. The molecule has 0 aliphatic heterocycles. The highest BCUT2D eigenvalue weighted by Crippen LogP contribution is 2.33. The second-order valence-electron chi connectivity index (χ2n) is 5.24. The van der Waals surface area contributed by atoms with E-state index in [9.17, 15) is 5.11 Å². The van der Waals surface area contributed by atoms with Crippen molar-refractivity contribution in [2.45, 2.75) is 19.8 Å². The molecule has 0 saturated heterocycles.